The first-order valence-electron chi connectivity index (χ1n) is 6.81. The minimum absolute atomic E-state index is 0.740. The van der Waals surface area contributed by atoms with E-state index in [0.717, 1.165) is 43.0 Å². The summed E-state index contributed by atoms with van der Waals surface area (Å²) >= 11 is 0. The fraction of sp³-hybridized carbons (Fsp3) is 0.312. The molecule has 0 saturated carbocycles. The van der Waals surface area contributed by atoms with Gasteiger partial charge in [0, 0.05) is 5.56 Å². The van der Waals surface area contributed by atoms with Crippen molar-refractivity contribution in [2.24, 2.45) is 5.10 Å². The van der Waals surface area contributed by atoms with Crippen LogP contribution in [0.1, 0.15) is 5.56 Å². The van der Waals surface area contributed by atoms with E-state index in [1.54, 1.807) is 7.11 Å². The predicted molar refractivity (Wildman–Crippen MR) is 80.5 cm³/mol. The fourth-order valence-corrected chi connectivity index (χ4v) is 2.40. The Kier molecular flexibility index (Phi) is 3.83. The smallest absolute Gasteiger partial charge is 0.128 e. The van der Waals surface area contributed by atoms with E-state index in [1.807, 2.05) is 29.4 Å². The van der Waals surface area contributed by atoms with Gasteiger partial charge in [-0.2, -0.15) is 5.10 Å². The van der Waals surface area contributed by atoms with E-state index in [4.69, 9.17) is 9.47 Å². The molecule has 4 nitrogen and oxygen atoms in total. The summed E-state index contributed by atoms with van der Waals surface area (Å²) in [6, 6.07) is 12.3. The van der Waals surface area contributed by atoms with Crippen molar-refractivity contribution in [2.75, 3.05) is 33.4 Å². The highest BCUT2D eigenvalue weighted by atomic mass is 16.5. The third-order valence-electron chi connectivity index (χ3n) is 3.49. The number of ether oxygens (including phenoxy) is 2. The molecule has 0 aliphatic carbocycles. The van der Waals surface area contributed by atoms with E-state index in [1.165, 1.54) is 5.39 Å². The van der Waals surface area contributed by atoms with Crippen LogP contribution >= 0.6 is 0 Å². The van der Waals surface area contributed by atoms with Gasteiger partial charge in [0.2, 0.25) is 0 Å². The third kappa shape index (κ3) is 2.60. The van der Waals surface area contributed by atoms with E-state index in [9.17, 15) is 0 Å². The van der Waals surface area contributed by atoms with E-state index in [-0.39, 0.29) is 0 Å². The van der Waals surface area contributed by atoms with Gasteiger partial charge in [-0.1, -0.05) is 30.3 Å². The topological polar surface area (TPSA) is 34.1 Å². The van der Waals surface area contributed by atoms with Gasteiger partial charge in [-0.15, -0.1) is 0 Å². The Morgan fingerprint density at radius 3 is 2.75 bits per heavy atom. The maximum absolute atomic E-state index is 5.46. The molecule has 1 aliphatic heterocycles. The van der Waals surface area contributed by atoms with Crippen LogP contribution in [0.2, 0.25) is 0 Å². The van der Waals surface area contributed by atoms with Crippen LogP contribution in [0.3, 0.4) is 0 Å². The molecule has 1 heterocycles. The molecule has 0 aromatic heterocycles. The molecule has 0 unspecified atom stereocenters. The van der Waals surface area contributed by atoms with Crippen LogP contribution in [-0.4, -0.2) is 44.6 Å². The average Bonchev–Trinajstić information content (AvgIpc) is 2.53. The molecule has 0 atom stereocenters. The molecular formula is C16H18N2O2. The second-order valence-electron chi connectivity index (χ2n) is 4.71. The Balaban J connectivity index is 1.97. The summed E-state index contributed by atoms with van der Waals surface area (Å²) in [5.74, 6) is 0.848. The SMILES string of the molecule is COc1ccc2ccccc2c1/C=N\N1CCOCC1. The number of hydrazone groups is 1. The summed E-state index contributed by atoms with van der Waals surface area (Å²) in [5.41, 5.74) is 1.03. The zero-order chi connectivity index (χ0) is 13.8. The third-order valence-corrected chi connectivity index (χ3v) is 3.49. The van der Waals surface area contributed by atoms with Crippen molar-refractivity contribution in [3.05, 3.63) is 42.0 Å². The molecule has 1 fully saturated rings. The van der Waals surface area contributed by atoms with Crippen molar-refractivity contribution in [3.8, 4) is 5.75 Å². The Labute approximate surface area is 118 Å². The van der Waals surface area contributed by atoms with E-state index >= 15 is 0 Å². The Morgan fingerprint density at radius 1 is 1.15 bits per heavy atom. The first-order chi connectivity index (χ1) is 9.88. The monoisotopic (exact) mass is 270 g/mol. The molecule has 1 saturated heterocycles. The quantitative estimate of drug-likeness (QED) is 0.804. The maximum atomic E-state index is 5.46. The van der Waals surface area contributed by atoms with Gasteiger partial charge in [-0.25, -0.2) is 0 Å². The maximum Gasteiger partial charge on any atom is 0.128 e. The van der Waals surface area contributed by atoms with Crippen LogP contribution in [0, 0.1) is 0 Å². The van der Waals surface area contributed by atoms with Gasteiger partial charge in [-0.05, 0) is 16.8 Å². The number of rotatable bonds is 3. The second kappa shape index (κ2) is 5.92. The summed E-state index contributed by atoms with van der Waals surface area (Å²) in [6.45, 7) is 3.15. The lowest BCUT2D eigenvalue weighted by atomic mass is 10.0. The molecule has 2 aromatic rings. The number of nitrogens with zero attached hydrogens (tertiary/aromatic N) is 2. The molecule has 0 N–H and O–H groups in total. The minimum Gasteiger partial charge on any atom is -0.496 e. The van der Waals surface area contributed by atoms with Gasteiger partial charge >= 0.3 is 0 Å². The number of fused-ring (bicyclic) bond motifs is 1. The van der Waals surface area contributed by atoms with E-state index in [0.29, 0.717) is 0 Å². The van der Waals surface area contributed by atoms with Crippen molar-refractivity contribution in [1.82, 2.24) is 5.01 Å². The number of methoxy groups -OCH3 is 1. The Bertz CT molecular complexity index is 619. The summed E-state index contributed by atoms with van der Waals surface area (Å²) in [5, 5.41) is 8.94. The second-order valence-corrected chi connectivity index (χ2v) is 4.71. The van der Waals surface area contributed by atoms with Crippen molar-refractivity contribution in [2.45, 2.75) is 0 Å². The summed E-state index contributed by atoms with van der Waals surface area (Å²) in [6.07, 6.45) is 1.90. The lowest BCUT2D eigenvalue weighted by molar-refractivity contribution is 0.0397. The normalized spacial score (nSPS) is 15.9. The molecular weight excluding hydrogens is 252 g/mol. The van der Waals surface area contributed by atoms with Crippen molar-refractivity contribution < 1.29 is 9.47 Å². The van der Waals surface area contributed by atoms with E-state index in [2.05, 4.69) is 23.3 Å². The van der Waals surface area contributed by atoms with Crippen LogP contribution in [-0.2, 0) is 4.74 Å². The highest BCUT2D eigenvalue weighted by Gasteiger charge is 2.09. The summed E-state index contributed by atoms with van der Waals surface area (Å²) in [7, 11) is 1.69. The highest BCUT2D eigenvalue weighted by molar-refractivity contribution is 6.02. The number of hydrogen-bond donors (Lipinski definition) is 0. The van der Waals surface area contributed by atoms with Crippen LogP contribution < -0.4 is 4.74 Å². The van der Waals surface area contributed by atoms with Gasteiger partial charge in [0.15, 0.2) is 0 Å². The Morgan fingerprint density at radius 2 is 1.95 bits per heavy atom. The molecule has 1 aliphatic rings. The molecule has 3 rings (SSSR count). The van der Waals surface area contributed by atoms with Crippen molar-refractivity contribution in [3.63, 3.8) is 0 Å². The zero-order valence-electron chi connectivity index (χ0n) is 11.6. The fourth-order valence-electron chi connectivity index (χ4n) is 2.40. The minimum atomic E-state index is 0.740. The van der Waals surface area contributed by atoms with Gasteiger partial charge in [0.1, 0.15) is 5.75 Å². The molecule has 0 bridgehead atoms. The van der Waals surface area contributed by atoms with Crippen LogP contribution in [0.5, 0.6) is 5.75 Å². The van der Waals surface area contributed by atoms with Crippen LogP contribution in [0.4, 0.5) is 0 Å². The van der Waals surface area contributed by atoms with Gasteiger partial charge in [0.25, 0.3) is 0 Å². The molecule has 2 aromatic carbocycles. The number of morpholine rings is 1. The number of hydrogen-bond acceptors (Lipinski definition) is 4. The van der Waals surface area contributed by atoms with Crippen LogP contribution in [0.15, 0.2) is 41.5 Å². The van der Waals surface area contributed by atoms with Crippen LogP contribution in [0.25, 0.3) is 10.8 Å². The molecule has 0 spiro atoms. The molecule has 0 radical (unpaired) electrons. The summed E-state index contributed by atoms with van der Waals surface area (Å²) < 4.78 is 10.8. The van der Waals surface area contributed by atoms with Gasteiger partial charge in [-0.3, -0.25) is 5.01 Å². The molecule has 20 heavy (non-hydrogen) atoms. The van der Waals surface area contributed by atoms with Gasteiger partial charge in [0.05, 0.1) is 39.6 Å². The predicted octanol–water partition coefficient (Wildman–Crippen LogP) is 2.51. The average molecular weight is 270 g/mol. The molecule has 0 amide bonds. The van der Waals surface area contributed by atoms with E-state index < -0.39 is 0 Å². The lowest BCUT2D eigenvalue weighted by Crippen LogP contribution is -2.32. The first kappa shape index (κ1) is 12.9. The van der Waals surface area contributed by atoms with Gasteiger partial charge < -0.3 is 9.47 Å². The number of benzene rings is 2. The summed E-state index contributed by atoms with van der Waals surface area (Å²) in [4.78, 5) is 0. The zero-order valence-corrected chi connectivity index (χ0v) is 11.6. The standard InChI is InChI=1S/C16H18N2O2/c1-19-16-7-6-13-4-2-3-5-14(13)15(16)12-17-18-8-10-20-11-9-18/h2-7,12H,8-11H2,1H3/b17-12-. The van der Waals surface area contributed by atoms with Crippen molar-refractivity contribution in [1.29, 1.82) is 0 Å². The Hall–Kier alpha value is -2.07. The molecule has 4 heteroatoms. The molecule has 104 valence electrons. The lowest BCUT2D eigenvalue weighted by Gasteiger charge is -2.23. The van der Waals surface area contributed by atoms with Crippen molar-refractivity contribution >= 4 is 17.0 Å². The largest absolute Gasteiger partial charge is 0.496 e. The highest BCUT2D eigenvalue weighted by Crippen LogP contribution is 2.26. The first-order valence-corrected chi connectivity index (χ1v) is 6.81.